The minimum absolute atomic E-state index is 0.0800. The van der Waals surface area contributed by atoms with Gasteiger partial charge in [-0.15, -0.1) is 0 Å². The molecule has 0 aliphatic heterocycles. The molecule has 0 spiro atoms. The molecular formula is C55H105NO5. The van der Waals surface area contributed by atoms with E-state index in [9.17, 15) is 19.8 Å². The zero-order chi connectivity index (χ0) is 44.5. The molecule has 1 amide bonds. The number of esters is 1. The summed E-state index contributed by atoms with van der Waals surface area (Å²) in [5.74, 6) is -0.467. The number of rotatable bonds is 49. The standard InChI is InChI=1S/C55H105NO5/c1-4-7-10-13-16-19-22-25-26-27-28-30-33-36-39-42-45-48-55(60)61-51(46-43-40-37-34-31-24-21-18-15-12-9-6-3)49-54(59)56-52(50-57)53(58)47-44-41-38-35-32-29-23-20-17-14-11-8-5-2/h16,19,25-26,51-53,57-58H,4-15,17-18,20-24,27-50H2,1-3H3,(H,56,59)/b19-16-,26-25-. The van der Waals surface area contributed by atoms with Crippen LogP contribution in [-0.2, 0) is 14.3 Å². The van der Waals surface area contributed by atoms with E-state index in [0.717, 1.165) is 57.8 Å². The summed E-state index contributed by atoms with van der Waals surface area (Å²) in [6.45, 7) is 6.48. The summed E-state index contributed by atoms with van der Waals surface area (Å²) < 4.78 is 5.94. The molecule has 0 fully saturated rings. The Morgan fingerprint density at radius 1 is 0.475 bits per heavy atom. The van der Waals surface area contributed by atoms with Crippen LogP contribution in [0.4, 0.5) is 0 Å². The molecule has 0 bridgehead atoms. The summed E-state index contributed by atoms with van der Waals surface area (Å²) in [6.07, 6.45) is 56.6. The van der Waals surface area contributed by atoms with Gasteiger partial charge in [-0.05, 0) is 57.8 Å². The van der Waals surface area contributed by atoms with Crippen LogP contribution >= 0.6 is 0 Å². The number of allylic oxidation sites excluding steroid dienone is 4. The third-order valence-corrected chi connectivity index (χ3v) is 12.5. The topological polar surface area (TPSA) is 95.9 Å². The van der Waals surface area contributed by atoms with Crippen molar-refractivity contribution in [2.45, 2.75) is 309 Å². The summed E-state index contributed by atoms with van der Waals surface area (Å²) in [7, 11) is 0. The lowest BCUT2D eigenvalue weighted by Gasteiger charge is -2.24. The molecule has 61 heavy (non-hydrogen) atoms. The van der Waals surface area contributed by atoms with Gasteiger partial charge in [0.05, 0.1) is 25.2 Å². The first-order valence-corrected chi connectivity index (χ1v) is 27.1. The SMILES string of the molecule is CCCCC/C=C\C/C=C\CCCCCCCCCC(=O)OC(CCCCCCCCCCCCCC)CC(=O)NC(CO)C(O)CCCCCCCCCCCCCCC. The second-order valence-electron chi connectivity index (χ2n) is 18.6. The lowest BCUT2D eigenvalue weighted by atomic mass is 10.0. The van der Waals surface area contributed by atoms with E-state index in [1.54, 1.807) is 0 Å². The Morgan fingerprint density at radius 2 is 0.836 bits per heavy atom. The highest BCUT2D eigenvalue weighted by Gasteiger charge is 2.24. The van der Waals surface area contributed by atoms with Gasteiger partial charge in [-0.25, -0.2) is 0 Å². The second-order valence-corrected chi connectivity index (χ2v) is 18.6. The van der Waals surface area contributed by atoms with Crippen LogP contribution in [0, 0.1) is 0 Å². The number of hydrogen-bond donors (Lipinski definition) is 3. The fourth-order valence-corrected chi connectivity index (χ4v) is 8.40. The molecule has 0 saturated heterocycles. The van der Waals surface area contributed by atoms with E-state index >= 15 is 0 Å². The quantitative estimate of drug-likeness (QED) is 0.0322. The van der Waals surface area contributed by atoms with Crippen molar-refractivity contribution in [2.24, 2.45) is 0 Å². The first-order chi connectivity index (χ1) is 30.0. The van der Waals surface area contributed by atoms with Crippen LogP contribution in [-0.4, -0.2) is 46.9 Å². The maximum Gasteiger partial charge on any atom is 0.306 e. The van der Waals surface area contributed by atoms with Gasteiger partial charge in [-0.3, -0.25) is 9.59 Å². The predicted molar refractivity (Wildman–Crippen MR) is 264 cm³/mol. The molecule has 0 aromatic carbocycles. The monoisotopic (exact) mass is 860 g/mol. The first-order valence-electron chi connectivity index (χ1n) is 27.1. The predicted octanol–water partition coefficient (Wildman–Crippen LogP) is 16.3. The minimum Gasteiger partial charge on any atom is -0.462 e. The number of hydrogen-bond acceptors (Lipinski definition) is 5. The largest absolute Gasteiger partial charge is 0.462 e. The number of aliphatic hydroxyl groups is 2. The number of nitrogens with one attached hydrogen (secondary N) is 1. The van der Waals surface area contributed by atoms with Crippen LogP contribution in [0.25, 0.3) is 0 Å². The molecule has 0 aromatic rings. The van der Waals surface area contributed by atoms with E-state index in [2.05, 4.69) is 50.4 Å². The van der Waals surface area contributed by atoms with E-state index in [4.69, 9.17) is 4.74 Å². The van der Waals surface area contributed by atoms with Crippen molar-refractivity contribution in [3.8, 4) is 0 Å². The van der Waals surface area contributed by atoms with Gasteiger partial charge in [0.25, 0.3) is 0 Å². The van der Waals surface area contributed by atoms with Crippen molar-refractivity contribution in [2.75, 3.05) is 6.61 Å². The summed E-state index contributed by atoms with van der Waals surface area (Å²) >= 11 is 0. The Labute approximate surface area is 380 Å². The number of ether oxygens (including phenoxy) is 1. The van der Waals surface area contributed by atoms with Crippen LogP contribution in [0.1, 0.15) is 290 Å². The number of carbonyl (C=O) groups excluding carboxylic acids is 2. The Morgan fingerprint density at radius 3 is 1.28 bits per heavy atom. The fourth-order valence-electron chi connectivity index (χ4n) is 8.40. The average molecular weight is 860 g/mol. The van der Waals surface area contributed by atoms with Crippen LogP contribution in [0.2, 0.25) is 0 Å². The molecule has 0 aromatic heterocycles. The zero-order valence-corrected chi connectivity index (χ0v) is 41.1. The molecule has 6 nitrogen and oxygen atoms in total. The summed E-state index contributed by atoms with van der Waals surface area (Å²) in [4.78, 5) is 26.2. The lowest BCUT2D eigenvalue weighted by molar-refractivity contribution is -0.151. The fraction of sp³-hybridized carbons (Fsp3) is 0.891. The van der Waals surface area contributed by atoms with Crippen molar-refractivity contribution < 1.29 is 24.5 Å². The summed E-state index contributed by atoms with van der Waals surface area (Å²) in [5.41, 5.74) is 0. The summed E-state index contributed by atoms with van der Waals surface area (Å²) in [5, 5.41) is 23.8. The van der Waals surface area contributed by atoms with Crippen molar-refractivity contribution in [1.82, 2.24) is 5.32 Å². The van der Waals surface area contributed by atoms with Gasteiger partial charge in [0, 0.05) is 6.42 Å². The zero-order valence-electron chi connectivity index (χ0n) is 41.1. The molecule has 3 atom stereocenters. The molecule has 0 aliphatic rings. The van der Waals surface area contributed by atoms with Gasteiger partial charge in [-0.2, -0.15) is 0 Å². The molecule has 0 saturated carbocycles. The number of unbranched alkanes of at least 4 members (excludes halogenated alkanes) is 33. The normalized spacial score (nSPS) is 13.3. The van der Waals surface area contributed by atoms with Crippen molar-refractivity contribution in [3.05, 3.63) is 24.3 Å². The average Bonchev–Trinajstić information content (AvgIpc) is 3.25. The van der Waals surface area contributed by atoms with Crippen LogP contribution in [0.5, 0.6) is 0 Å². The van der Waals surface area contributed by atoms with Crippen molar-refractivity contribution in [1.29, 1.82) is 0 Å². The van der Waals surface area contributed by atoms with E-state index in [-0.39, 0.29) is 24.9 Å². The highest BCUT2D eigenvalue weighted by Crippen LogP contribution is 2.18. The maximum atomic E-state index is 13.2. The Kier molecular flexibility index (Phi) is 48.0. The van der Waals surface area contributed by atoms with E-state index in [1.807, 2.05) is 0 Å². The molecule has 3 unspecified atom stereocenters. The maximum absolute atomic E-state index is 13.2. The van der Waals surface area contributed by atoms with Gasteiger partial charge in [0.1, 0.15) is 6.10 Å². The smallest absolute Gasteiger partial charge is 0.306 e. The Bertz CT molecular complexity index is 966. The highest BCUT2D eigenvalue weighted by atomic mass is 16.5. The Hall–Kier alpha value is -1.66. The van der Waals surface area contributed by atoms with Gasteiger partial charge in [0.15, 0.2) is 0 Å². The molecule has 6 heteroatoms. The van der Waals surface area contributed by atoms with Crippen LogP contribution in [0.3, 0.4) is 0 Å². The van der Waals surface area contributed by atoms with Gasteiger partial charge in [0.2, 0.25) is 5.91 Å². The third-order valence-electron chi connectivity index (χ3n) is 12.5. The van der Waals surface area contributed by atoms with E-state index < -0.39 is 18.2 Å². The van der Waals surface area contributed by atoms with Gasteiger partial charge >= 0.3 is 5.97 Å². The van der Waals surface area contributed by atoms with E-state index in [1.165, 1.54) is 186 Å². The molecule has 0 aliphatic carbocycles. The second kappa shape index (κ2) is 49.4. The lowest BCUT2D eigenvalue weighted by Crippen LogP contribution is -2.46. The number of aliphatic hydroxyl groups excluding tert-OH is 2. The molecule has 0 radical (unpaired) electrons. The highest BCUT2D eigenvalue weighted by molar-refractivity contribution is 5.77. The molecular weight excluding hydrogens is 755 g/mol. The molecule has 3 N–H and O–H groups in total. The van der Waals surface area contributed by atoms with Crippen LogP contribution < -0.4 is 5.32 Å². The van der Waals surface area contributed by atoms with E-state index in [0.29, 0.717) is 19.3 Å². The number of amides is 1. The molecule has 0 heterocycles. The summed E-state index contributed by atoms with van der Waals surface area (Å²) in [6, 6.07) is -0.698. The van der Waals surface area contributed by atoms with Crippen LogP contribution in [0.15, 0.2) is 24.3 Å². The van der Waals surface area contributed by atoms with Gasteiger partial charge in [-0.1, -0.05) is 244 Å². The molecule has 0 rings (SSSR count). The van der Waals surface area contributed by atoms with Gasteiger partial charge < -0.3 is 20.3 Å². The third kappa shape index (κ3) is 44.7. The first kappa shape index (κ1) is 59.3. The van der Waals surface area contributed by atoms with Crippen molar-refractivity contribution in [3.63, 3.8) is 0 Å². The molecule has 360 valence electrons. The minimum atomic E-state index is -0.784. The van der Waals surface area contributed by atoms with Crippen molar-refractivity contribution >= 4 is 11.9 Å². The Balaban J connectivity index is 4.51. The number of carbonyl (C=O) groups is 2.